The summed E-state index contributed by atoms with van der Waals surface area (Å²) in [4.78, 5) is 11.8. The molecule has 0 aliphatic carbocycles. The largest absolute Gasteiger partial charge is 0.444 e. The number of carbonyl (C=O) groups is 1. The molecule has 0 saturated heterocycles. The van der Waals surface area contributed by atoms with Gasteiger partial charge in [-0.1, -0.05) is 47.5 Å². The van der Waals surface area contributed by atoms with Crippen LogP contribution in [0.15, 0.2) is 30.3 Å². The molecule has 1 heterocycles. The van der Waals surface area contributed by atoms with E-state index in [1.165, 1.54) is 5.56 Å². The van der Waals surface area contributed by atoms with Crippen molar-refractivity contribution in [1.82, 2.24) is 10.6 Å². The summed E-state index contributed by atoms with van der Waals surface area (Å²) >= 11 is 12.8. The van der Waals surface area contributed by atoms with Crippen LogP contribution in [-0.4, -0.2) is 18.2 Å². The number of amides is 1. The number of hydrogen-bond donors (Lipinski definition) is 2. The van der Waals surface area contributed by atoms with Gasteiger partial charge in [0.25, 0.3) is 0 Å². The molecule has 144 valence electrons. The molecule has 3 rings (SSSR count). The molecular weight excluding hydrogens is 383 g/mol. The second-order valence-electron chi connectivity index (χ2n) is 7.66. The van der Waals surface area contributed by atoms with E-state index in [0.717, 1.165) is 41.8 Å². The van der Waals surface area contributed by atoms with Gasteiger partial charge in [0.05, 0.1) is 10.0 Å². The number of nitrogens with one attached hydrogen (secondary N) is 2. The average Bonchev–Trinajstić information content (AvgIpc) is 2.62. The minimum absolute atomic E-state index is 0.413. The van der Waals surface area contributed by atoms with Crippen molar-refractivity contribution in [1.29, 1.82) is 0 Å². The number of rotatable bonds is 3. The lowest BCUT2D eigenvalue weighted by molar-refractivity contribution is 0.0523. The van der Waals surface area contributed by atoms with Gasteiger partial charge < -0.3 is 15.4 Å². The van der Waals surface area contributed by atoms with E-state index in [-0.39, 0.29) is 0 Å². The Kier molecular flexibility index (Phi) is 5.99. The monoisotopic (exact) mass is 406 g/mol. The standard InChI is InChI=1S/C21H24Cl2N2O2/c1-21(2,3)27-20(26)25-11-13-4-6-14(7-5-13)16-10-18(22)19(23)15-8-9-24-12-17(15)16/h4-7,10,24H,8-9,11-12H2,1-3H3,(H,25,26). The molecule has 1 aliphatic rings. The van der Waals surface area contributed by atoms with Crippen LogP contribution in [0.2, 0.25) is 10.0 Å². The predicted octanol–water partition coefficient (Wildman–Crippen LogP) is 5.33. The normalized spacial score (nSPS) is 13.8. The van der Waals surface area contributed by atoms with Gasteiger partial charge in [-0.2, -0.15) is 0 Å². The Morgan fingerprint density at radius 2 is 1.89 bits per heavy atom. The highest BCUT2D eigenvalue weighted by Crippen LogP contribution is 2.37. The third-order valence-corrected chi connectivity index (χ3v) is 5.22. The fourth-order valence-corrected chi connectivity index (χ4v) is 3.64. The zero-order valence-corrected chi connectivity index (χ0v) is 17.3. The van der Waals surface area contributed by atoms with Gasteiger partial charge in [0, 0.05) is 13.1 Å². The molecule has 1 amide bonds. The second kappa shape index (κ2) is 8.09. The van der Waals surface area contributed by atoms with Crippen molar-refractivity contribution in [3.8, 4) is 11.1 Å². The summed E-state index contributed by atoms with van der Waals surface area (Å²) in [5.41, 5.74) is 5.00. The first-order chi connectivity index (χ1) is 12.7. The summed E-state index contributed by atoms with van der Waals surface area (Å²) in [6.45, 7) is 7.62. The Hall–Kier alpha value is -1.75. The van der Waals surface area contributed by atoms with E-state index >= 15 is 0 Å². The van der Waals surface area contributed by atoms with Crippen LogP contribution < -0.4 is 10.6 Å². The van der Waals surface area contributed by atoms with E-state index in [4.69, 9.17) is 27.9 Å². The summed E-state index contributed by atoms with van der Waals surface area (Å²) in [6.07, 6.45) is 0.454. The molecule has 4 nitrogen and oxygen atoms in total. The van der Waals surface area contributed by atoms with E-state index in [2.05, 4.69) is 10.6 Å². The molecule has 0 bridgehead atoms. The van der Waals surface area contributed by atoms with E-state index in [1.54, 1.807) is 0 Å². The average molecular weight is 407 g/mol. The van der Waals surface area contributed by atoms with Gasteiger partial charge in [-0.05, 0) is 67.6 Å². The SMILES string of the molecule is CC(C)(C)OC(=O)NCc1ccc(-c2cc(Cl)c(Cl)c3c2CNCC3)cc1. The fourth-order valence-electron chi connectivity index (χ4n) is 3.15. The Morgan fingerprint density at radius 3 is 2.56 bits per heavy atom. The highest BCUT2D eigenvalue weighted by molar-refractivity contribution is 6.42. The summed E-state index contributed by atoms with van der Waals surface area (Å²) in [5.74, 6) is 0. The number of benzene rings is 2. The molecule has 1 aliphatic heterocycles. The van der Waals surface area contributed by atoms with Crippen molar-refractivity contribution in [3.05, 3.63) is 57.1 Å². The maximum atomic E-state index is 11.8. The minimum Gasteiger partial charge on any atom is -0.444 e. The zero-order chi connectivity index (χ0) is 19.6. The lowest BCUT2D eigenvalue weighted by atomic mass is 9.91. The Balaban J connectivity index is 1.76. The highest BCUT2D eigenvalue weighted by atomic mass is 35.5. The van der Waals surface area contributed by atoms with Crippen LogP contribution in [0.3, 0.4) is 0 Å². The Bertz CT molecular complexity index is 843. The predicted molar refractivity (Wildman–Crippen MR) is 110 cm³/mol. The molecule has 0 fully saturated rings. The van der Waals surface area contributed by atoms with Gasteiger partial charge >= 0.3 is 6.09 Å². The van der Waals surface area contributed by atoms with Crippen LogP contribution in [0.25, 0.3) is 11.1 Å². The Labute approximate surface area is 170 Å². The van der Waals surface area contributed by atoms with Gasteiger partial charge in [0.2, 0.25) is 0 Å². The lowest BCUT2D eigenvalue weighted by Gasteiger charge is -2.23. The molecule has 0 unspecified atom stereocenters. The van der Waals surface area contributed by atoms with Crippen LogP contribution in [0.1, 0.15) is 37.5 Å². The maximum absolute atomic E-state index is 11.8. The summed E-state index contributed by atoms with van der Waals surface area (Å²) in [7, 11) is 0. The maximum Gasteiger partial charge on any atom is 0.407 e. The molecule has 0 aromatic heterocycles. The molecule has 2 aromatic carbocycles. The van der Waals surface area contributed by atoms with Gasteiger partial charge in [-0.25, -0.2) is 4.79 Å². The van der Waals surface area contributed by atoms with Gasteiger partial charge in [0.1, 0.15) is 5.60 Å². The number of carbonyl (C=O) groups excluding carboxylic acids is 1. The van der Waals surface area contributed by atoms with E-state index in [9.17, 15) is 4.79 Å². The van der Waals surface area contributed by atoms with Crippen LogP contribution in [-0.2, 0) is 24.2 Å². The number of hydrogen-bond acceptors (Lipinski definition) is 3. The highest BCUT2D eigenvalue weighted by Gasteiger charge is 2.20. The van der Waals surface area contributed by atoms with Crippen molar-refractivity contribution in [2.75, 3.05) is 6.54 Å². The van der Waals surface area contributed by atoms with Gasteiger partial charge in [-0.3, -0.25) is 0 Å². The first-order valence-corrected chi connectivity index (χ1v) is 9.77. The molecule has 0 atom stereocenters. The van der Waals surface area contributed by atoms with Crippen LogP contribution in [0.5, 0.6) is 0 Å². The summed E-state index contributed by atoms with van der Waals surface area (Å²) in [5, 5.41) is 7.42. The van der Waals surface area contributed by atoms with Crippen LogP contribution in [0, 0.1) is 0 Å². The second-order valence-corrected chi connectivity index (χ2v) is 8.44. The molecule has 0 saturated carbocycles. The summed E-state index contributed by atoms with van der Waals surface area (Å²) < 4.78 is 5.25. The van der Waals surface area contributed by atoms with Gasteiger partial charge in [0.15, 0.2) is 0 Å². The first kappa shape index (κ1) is 20.0. The third-order valence-electron chi connectivity index (χ3n) is 4.39. The molecule has 2 N–H and O–H groups in total. The lowest BCUT2D eigenvalue weighted by Crippen LogP contribution is -2.32. The molecule has 0 radical (unpaired) electrons. The van der Waals surface area contributed by atoms with Crippen molar-refractivity contribution >= 4 is 29.3 Å². The van der Waals surface area contributed by atoms with Crippen LogP contribution >= 0.6 is 23.2 Å². The number of ether oxygens (including phenoxy) is 1. The number of alkyl carbamates (subject to hydrolysis) is 1. The number of halogens is 2. The molecular formula is C21H24Cl2N2O2. The quantitative estimate of drug-likeness (QED) is 0.723. The smallest absolute Gasteiger partial charge is 0.407 e. The third kappa shape index (κ3) is 4.95. The molecule has 0 spiro atoms. The van der Waals surface area contributed by atoms with E-state index in [1.807, 2.05) is 51.1 Å². The van der Waals surface area contributed by atoms with Gasteiger partial charge in [-0.15, -0.1) is 0 Å². The summed E-state index contributed by atoms with van der Waals surface area (Å²) in [6, 6.07) is 10.0. The molecule has 27 heavy (non-hydrogen) atoms. The van der Waals surface area contributed by atoms with Crippen molar-refractivity contribution < 1.29 is 9.53 Å². The minimum atomic E-state index is -0.505. The Morgan fingerprint density at radius 1 is 1.19 bits per heavy atom. The zero-order valence-electron chi connectivity index (χ0n) is 15.8. The van der Waals surface area contributed by atoms with E-state index < -0.39 is 11.7 Å². The van der Waals surface area contributed by atoms with Crippen molar-refractivity contribution in [2.24, 2.45) is 0 Å². The first-order valence-electron chi connectivity index (χ1n) is 9.01. The van der Waals surface area contributed by atoms with E-state index in [0.29, 0.717) is 16.6 Å². The van der Waals surface area contributed by atoms with Crippen molar-refractivity contribution in [2.45, 2.75) is 45.9 Å². The molecule has 2 aromatic rings. The van der Waals surface area contributed by atoms with Crippen molar-refractivity contribution in [3.63, 3.8) is 0 Å². The molecule has 6 heteroatoms. The number of fused-ring (bicyclic) bond motifs is 1. The topological polar surface area (TPSA) is 50.4 Å². The fraction of sp³-hybridized carbons (Fsp3) is 0.381. The van der Waals surface area contributed by atoms with Crippen LogP contribution in [0.4, 0.5) is 4.79 Å².